The normalized spacial score (nSPS) is 10.5. The van der Waals surface area contributed by atoms with Crippen molar-refractivity contribution >= 4 is 50.3 Å². The van der Waals surface area contributed by atoms with Crippen LogP contribution in [0.4, 0.5) is 15.8 Å². The summed E-state index contributed by atoms with van der Waals surface area (Å²) in [6.07, 6.45) is 1.41. The molecule has 0 saturated heterocycles. The summed E-state index contributed by atoms with van der Waals surface area (Å²) >= 11 is 4.39. The molecule has 5 N–H and O–H groups in total. The van der Waals surface area contributed by atoms with Crippen LogP contribution in [0.5, 0.6) is 0 Å². The first-order valence-corrected chi connectivity index (χ1v) is 8.96. The fourth-order valence-corrected chi connectivity index (χ4v) is 3.47. The number of carbonyl (C=O) groups is 1. The zero-order valence-corrected chi connectivity index (χ0v) is 15.5. The topological polar surface area (TPSA) is 112 Å². The number of carbonyl (C=O) groups excluding carboxylic acids is 1. The number of amides is 1. The van der Waals surface area contributed by atoms with E-state index in [1.165, 1.54) is 24.4 Å². The minimum Gasteiger partial charge on any atom is -0.365 e. The average Bonchev–Trinajstić information content (AvgIpc) is 3.10. The number of halogens is 2. The minimum absolute atomic E-state index is 0.0106. The highest BCUT2D eigenvalue weighted by atomic mass is 79.9. The maximum absolute atomic E-state index is 14.0. The van der Waals surface area contributed by atoms with Gasteiger partial charge >= 0.3 is 0 Å². The lowest BCUT2D eigenvalue weighted by Crippen LogP contribution is -2.21. The summed E-state index contributed by atoms with van der Waals surface area (Å²) < 4.78 is 14.4. The first-order valence-electron chi connectivity index (χ1n) is 7.29. The van der Waals surface area contributed by atoms with Crippen molar-refractivity contribution in [1.29, 1.82) is 5.41 Å². The number of primary amides is 1. The number of nitrogens with two attached hydrogens (primary N) is 1. The van der Waals surface area contributed by atoms with Crippen molar-refractivity contribution in [3.8, 4) is 0 Å². The molecule has 3 aromatic rings. The number of nitrogens with one attached hydrogen (secondary N) is 3. The smallest absolute Gasteiger partial charge is 0.259 e. The van der Waals surface area contributed by atoms with Crippen LogP contribution in [-0.2, 0) is 0 Å². The predicted molar refractivity (Wildman–Crippen MR) is 103 cm³/mol. The number of para-hydroxylation sites is 1. The molecule has 6 nitrogen and oxygen atoms in total. The van der Waals surface area contributed by atoms with Crippen LogP contribution in [0.25, 0.3) is 0 Å². The number of aromatic amines is 1. The van der Waals surface area contributed by atoms with E-state index < -0.39 is 17.3 Å². The highest BCUT2D eigenvalue weighted by Gasteiger charge is 2.20. The minimum atomic E-state index is -0.609. The quantitative estimate of drug-likeness (QED) is 0.460. The van der Waals surface area contributed by atoms with Gasteiger partial charge in [-0.3, -0.25) is 15.0 Å². The van der Waals surface area contributed by atoms with Gasteiger partial charge in [0.2, 0.25) is 0 Å². The van der Waals surface area contributed by atoms with Crippen LogP contribution < -0.4 is 16.6 Å². The van der Waals surface area contributed by atoms with E-state index in [4.69, 9.17) is 11.1 Å². The fraction of sp³-hybridized carbons (Fsp3) is 0. The second kappa shape index (κ2) is 7.22. The Bertz CT molecular complexity index is 1080. The molecular formula is C17H12BrFN4O2S. The molecule has 0 atom stereocenters. The zero-order chi connectivity index (χ0) is 18.8. The van der Waals surface area contributed by atoms with E-state index >= 15 is 0 Å². The number of thiophene rings is 1. The molecular weight excluding hydrogens is 423 g/mol. The number of aromatic nitrogens is 1. The van der Waals surface area contributed by atoms with Crippen molar-refractivity contribution in [3.63, 3.8) is 0 Å². The molecule has 0 aliphatic carbocycles. The van der Waals surface area contributed by atoms with Gasteiger partial charge in [0.15, 0.2) is 0 Å². The molecule has 0 aliphatic heterocycles. The molecule has 2 aromatic heterocycles. The van der Waals surface area contributed by atoms with E-state index in [2.05, 4.69) is 26.2 Å². The fourth-order valence-electron chi connectivity index (χ4n) is 2.31. The Morgan fingerprint density at radius 2 is 2.08 bits per heavy atom. The lowest BCUT2D eigenvalue weighted by atomic mass is 10.0. The van der Waals surface area contributed by atoms with Crippen molar-refractivity contribution in [3.05, 3.63) is 78.6 Å². The number of hydrogen-bond acceptors (Lipinski definition) is 5. The van der Waals surface area contributed by atoms with Gasteiger partial charge < -0.3 is 16.0 Å². The number of pyridine rings is 1. The third-order valence-electron chi connectivity index (χ3n) is 3.56. The summed E-state index contributed by atoms with van der Waals surface area (Å²) in [6, 6.07) is 7.45. The van der Waals surface area contributed by atoms with E-state index in [0.29, 0.717) is 10.0 Å². The first kappa shape index (κ1) is 18.0. The highest BCUT2D eigenvalue weighted by Crippen LogP contribution is 2.30. The van der Waals surface area contributed by atoms with Crippen LogP contribution in [0.3, 0.4) is 0 Å². The van der Waals surface area contributed by atoms with E-state index in [0.717, 1.165) is 11.3 Å². The van der Waals surface area contributed by atoms with E-state index in [1.54, 1.807) is 17.5 Å². The lowest BCUT2D eigenvalue weighted by molar-refractivity contribution is 0.100. The van der Waals surface area contributed by atoms with Crippen LogP contribution in [0, 0.1) is 11.2 Å². The van der Waals surface area contributed by atoms with Gasteiger partial charge in [-0.15, -0.1) is 11.3 Å². The molecule has 1 amide bonds. The van der Waals surface area contributed by atoms with Crippen molar-refractivity contribution in [2.75, 3.05) is 5.32 Å². The second-order valence-corrected chi connectivity index (χ2v) is 7.03. The van der Waals surface area contributed by atoms with Gasteiger partial charge in [-0.25, -0.2) is 4.39 Å². The monoisotopic (exact) mass is 434 g/mol. The Hall–Kier alpha value is -2.78. The van der Waals surface area contributed by atoms with Gasteiger partial charge in [0, 0.05) is 17.1 Å². The van der Waals surface area contributed by atoms with Gasteiger partial charge in [0.05, 0.1) is 32.0 Å². The molecule has 2 heterocycles. The molecule has 0 saturated carbocycles. The van der Waals surface area contributed by atoms with Crippen LogP contribution in [-0.4, -0.2) is 16.6 Å². The Morgan fingerprint density at radius 1 is 1.35 bits per heavy atom. The predicted octanol–water partition coefficient (Wildman–Crippen LogP) is 3.60. The third-order valence-corrected chi connectivity index (χ3v) is 5.13. The Balaban J connectivity index is 2.10. The van der Waals surface area contributed by atoms with Crippen molar-refractivity contribution in [2.45, 2.75) is 0 Å². The van der Waals surface area contributed by atoms with Crippen LogP contribution >= 0.6 is 27.3 Å². The molecule has 132 valence electrons. The van der Waals surface area contributed by atoms with Gasteiger partial charge in [-0.1, -0.05) is 12.1 Å². The molecule has 1 aromatic carbocycles. The highest BCUT2D eigenvalue weighted by molar-refractivity contribution is 9.10. The van der Waals surface area contributed by atoms with Crippen molar-refractivity contribution < 1.29 is 9.18 Å². The molecule has 0 unspecified atom stereocenters. The molecule has 0 bridgehead atoms. The maximum Gasteiger partial charge on any atom is 0.259 e. The average molecular weight is 435 g/mol. The van der Waals surface area contributed by atoms with Crippen molar-refractivity contribution in [1.82, 2.24) is 4.98 Å². The SMILES string of the molecule is N=C(c1csc(C(N)=O)c1)c1c(Nc2ccccc2F)c(Br)c[nH]c1=O. The molecule has 0 radical (unpaired) electrons. The summed E-state index contributed by atoms with van der Waals surface area (Å²) in [5.74, 6) is -1.11. The molecule has 0 spiro atoms. The number of benzene rings is 1. The Morgan fingerprint density at radius 3 is 2.73 bits per heavy atom. The largest absolute Gasteiger partial charge is 0.365 e. The molecule has 3 rings (SSSR count). The summed E-state index contributed by atoms with van der Waals surface area (Å²) in [5, 5.41) is 12.8. The Labute approximate surface area is 159 Å². The lowest BCUT2D eigenvalue weighted by Gasteiger charge is -2.14. The summed E-state index contributed by atoms with van der Waals surface area (Å²) in [7, 11) is 0. The van der Waals surface area contributed by atoms with Gasteiger partial charge in [-0.05, 0) is 34.1 Å². The van der Waals surface area contributed by atoms with Gasteiger partial charge in [0.25, 0.3) is 11.5 Å². The number of anilines is 2. The van der Waals surface area contributed by atoms with Crippen molar-refractivity contribution in [2.24, 2.45) is 5.73 Å². The number of rotatable bonds is 5. The standard InChI is InChI=1S/C17H12BrFN4O2S/c18-9-6-22-17(25)13(14(20)8-5-12(16(21)24)26-7-8)15(9)23-11-4-2-1-3-10(11)19/h1-7,20H,(H2,21,24)(H2,22,23,25). The van der Waals surface area contributed by atoms with Crippen LogP contribution in [0.1, 0.15) is 20.8 Å². The van der Waals surface area contributed by atoms with Gasteiger partial charge in [-0.2, -0.15) is 0 Å². The van der Waals surface area contributed by atoms with Gasteiger partial charge in [0.1, 0.15) is 5.82 Å². The second-order valence-electron chi connectivity index (χ2n) is 5.26. The van der Waals surface area contributed by atoms with E-state index in [9.17, 15) is 14.0 Å². The Kier molecular flexibility index (Phi) is 5.01. The summed E-state index contributed by atoms with van der Waals surface area (Å²) in [6.45, 7) is 0. The molecule has 0 aliphatic rings. The van der Waals surface area contributed by atoms with Crippen LogP contribution in [0.15, 0.2) is 51.2 Å². The summed E-state index contributed by atoms with van der Waals surface area (Å²) in [4.78, 5) is 26.5. The number of hydrogen-bond donors (Lipinski definition) is 4. The van der Waals surface area contributed by atoms with Crippen LogP contribution in [0.2, 0.25) is 0 Å². The maximum atomic E-state index is 14.0. The van der Waals surface area contributed by atoms with E-state index in [1.807, 2.05) is 0 Å². The molecule has 26 heavy (non-hydrogen) atoms. The third kappa shape index (κ3) is 3.44. The zero-order valence-electron chi connectivity index (χ0n) is 13.1. The summed E-state index contributed by atoms with van der Waals surface area (Å²) in [5.41, 5.74) is 5.38. The number of H-pyrrole nitrogens is 1. The molecule has 0 fully saturated rings. The van der Waals surface area contributed by atoms with E-state index in [-0.39, 0.29) is 27.5 Å². The first-order chi connectivity index (χ1) is 12.4. The molecule has 9 heteroatoms.